The minimum atomic E-state index is -0.185. The van der Waals surface area contributed by atoms with Gasteiger partial charge in [-0.2, -0.15) is 0 Å². The molecule has 2 aromatic rings. The van der Waals surface area contributed by atoms with E-state index in [2.05, 4.69) is 5.32 Å². The van der Waals surface area contributed by atoms with Gasteiger partial charge in [-0.1, -0.05) is 18.2 Å². The van der Waals surface area contributed by atoms with E-state index in [4.69, 9.17) is 13.9 Å². The Hall–Kier alpha value is -1.85. The van der Waals surface area contributed by atoms with Crippen LogP contribution in [0, 0.1) is 0 Å². The van der Waals surface area contributed by atoms with Crippen LogP contribution in [0.3, 0.4) is 0 Å². The number of nitrogens with one attached hydrogen (secondary N) is 1. The van der Waals surface area contributed by atoms with Crippen LogP contribution in [0.5, 0.6) is 0 Å². The number of carbonyl (C=O) groups excluding carboxylic acids is 1. The number of carbonyl (C=O) groups is 1. The van der Waals surface area contributed by atoms with Gasteiger partial charge in [0.15, 0.2) is 5.76 Å². The summed E-state index contributed by atoms with van der Waals surface area (Å²) < 4.78 is 16.5. The molecule has 118 valence electrons. The van der Waals surface area contributed by atoms with Crippen molar-refractivity contribution < 1.29 is 18.7 Å². The molecule has 3 rings (SSSR count). The second-order valence-electron chi connectivity index (χ2n) is 5.47. The molecule has 0 spiro atoms. The highest BCUT2D eigenvalue weighted by Crippen LogP contribution is 2.18. The Morgan fingerprint density at radius 3 is 3.09 bits per heavy atom. The zero-order valence-electron chi connectivity index (χ0n) is 12.5. The third kappa shape index (κ3) is 3.87. The van der Waals surface area contributed by atoms with Crippen molar-refractivity contribution in [2.45, 2.75) is 25.4 Å². The van der Waals surface area contributed by atoms with Gasteiger partial charge in [0.05, 0.1) is 12.7 Å². The summed E-state index contributed by atoms with van der Waals surface area (Å²) in [5, 5.41) is 3.78. The van der Waals surface area contributed by atoms with Crippen molar-refractivity contribution >= 4 is 16.9 Å². The zero-order valence-corrected chi connectivity index (χ0v) is 12.5. The van der Waals surface area contributed by atoms with Crippen LogP contribution in [0.1, 0.15) is 29.8 Å². The second kappa shape index (κ2) is 7.42. The summed E-state index contributed by atoms with van der Waals surface area (Å²) in [6.45, 7) is 2.70. The van der Waals surface area contributed by atoms with Crippen LogP contribution in [0.25, 0.3) is 11.0 Å². The fraction of sp³-hybridized carbons (Fsp3) is 0.471. The van der Waals surface area contributed by atoms with Crippen molar-refractivity contribution in [1.29, 1.82) is 0 Å². The van der Waals surface area contributed by atoms with Crippen LogP contribution in [-0.4, -0.2) is 38.4 Å². The average Bonchev–Trinajstić information content (AvgIpc) is 3.19. The van der Waals surface area contributed by atoms with Crippen LogP contribution >= 0.6 is 0 Å². The Kier molecular flexibility index (Phi) is 5.08. The SMILES string of the molecule is O=C(NCCCOCC1CCCO1)c1cc2ccccc2o1. The first-order valence-corrected chi connectivity index (χ1v) is 7.79. The highest BCUT2D eigenvalue weighted by molar-refractivity contribution is 5.95. The fourth-order valence-corrected chi connectivity index (χ4v) is 2.55. The van der Waals surface area contributed by atoms with Crippen molar-refractivity contribution in [2.24, 2.45) is 0 Å². The number of rotatable bonds is 7. The summed E-state index contributed by atoms with van der Waals surface area (Å²) in [6, 6.07) is 9.35. The van der Waals surface area contributed by atoms with E-state index in [-0.39, 0.29) is 12.0 Å². The maximum absolute atomic E-state index is 12.0. The molecule has 0 bridgehead atoms. The largest absolute Gasteiger partial charge is 0.451 e. The molecule has 1 unspecified atom stereocenters. The molecule has 1 fully saturated rings. The number of para-hydroxylation sites is 1. The van der Waals surface area contributed by atoms with E-state index >= 15 is 0 Å². The van der Waals surface area contributed by atoms with Gasteiger partial charge in [-0.3, -0.25) is 4.79 Å². The Morgan fingerprint density at radius 2 is 2.27 bits per heavy atom. The van der Waals surface area contributed by atoms with Gasteiger partial charge in [-0.05, 0) is 31.4 Å². The Balaban J connectivity index is 1.35. The van der Waals surface area contributed by atoms with E-state index in [9.17, 15) is 4.79 Å². The minimum absolute atomic E-state index is 0.185. The van der Waals surface area contributed by atoms with Crippen molar-refractivity contribution in [3.63, 3.8) is 0 Å². The van der Waals surface area contributed by atoms with E-state index in [1.807, 2.05) is 24.3 Å². The fourth-order valence-electron chi connectivity index (χ4n) is 2.55. The number of hydrogen-bond acceptors (Lipinski definition) is 4. The van der Waals surface area contributed by atoms with Gasteiger partial charge in [0, 0.05) is 25.1 Å². The molecule has 22 heavy (non-hydrogen) atoms. The standard InChI is InChI=1S/C17H21NO4/c19-17(16-11-13-5-1-2-7-15(13)22-16)18-8-4-9-20-12-14-6-3-10-21-14/h1-2,5,7,11,14H,3-4,6,8-10,12H2,(H,18,19). The molecule has 2 heterocycles. The van der Waals surface area contributed by atoms with Gasteiger partial charge in [0.25, 0.3) is 5.91 Å². The Morgan fingerprint density at radius 1 is 1.36 bits per heavy atom. The predicted octanol–water partition coefficient (Wildman–Crippen LogP) is 2.75. The number of fused-ring (bicyclic) bond motifs is 1. The van der Waals surface area contributed by atoms with Crippen molar-refractivity contribution in [3.05, 3.63) is 36.1 Å². The van der Waals surface area contributed by atoms with Crippen LogP contribution in [0.2, 0.25) is 0 Å². The average molecular weight is 303 g/mol. The molecule has 1 aromatic heterocycles. The first kappa shape index (κ1) is 15.1. The maximum Gasteiger partial charge on any atom is 0.287 e. The quantitative estimate of drug-likeness (QED) is 0.799. The molecule has 1 atom stereocenters. The number of furan rings is 1. The van der Waals surface area contributed by atoms with E-state index < -0.39 is 0 Å². The summed E-state index contributed by atoms with van der Waals surface area (Å²) in [4.78, 5) is 12.0. The van der Waals surface area contributed by atoms with Crippen molar-refractivity contribution in [1.82, 2.24) is 5.32 Å². The van der Waals surface area contributed by atoms with Crippen LogP contribution in [-0.2, 0) is 9.47 Å². The summed E-state index contributed by atoms with van der Waals surface area (Å²) in [5.41, 5.74) is 0.729. The number of amides is 1. The molecule has 1 aromatic carbocycles. The topological polar surface area (TPSA) is 60.7 Å². The molecule has 0 radical (unpaired) electrons. The zero-order chi connectivity index (χ0) is 15.2. The first-order chi connectivity index (χ1) is 10.8. The van der Waals surface area contributed by atoms with Crippen LogP contribution < -0.4 is 5.32 Å². The summed E-state index contributed by atoms with van der Waals surface area (Å²) in [5.74, 6) is 0.164. The maximum atomic E-state index is 12.0. The smallest absolute Gasteiger partial charge is 0.287 e. The molecule has 1 N–H and O–H groups in total. The van der Waals surface area contributed by atoms with E-state index in [0.717, 1.165) is 36.8 Å². The molecular formula is C17H21NO4. The first-order valence-electron chi connectivity index (χ1n) is 7.79. The summed E-state index contributed by atoms with van der Waals surface area (Å²) in [7, 11) is 0. The Bertz CT molecular complexity index is 583. The number of benzene rings is 1. The van der Waals surface area contributed by atoms with E-state index in [1.54, 1.807) is 6.07 Å². The number of ether oxygens (including phenoxy) is 2. The lowest BCUT2D eigenvalue weighted by Crippen LogP contribution is -2.25. The Labute approximate surface area is 129 Å². The van der Waals surface area contributed by atoms with Gasteiger partial charge < -0.3 is 19.2 Å². The minimum Gasteiger partial charge on any atom is -0.451 e. The monoisotopic (exact) mass is 303 g/mol. The van der Waals surface area contributed by atoms with Crippen LogP contribution in [0.4, 0.5) is 0 Å². The molecule has 5 heteroatoms. The van der Waals surface area contributed by atoms with Crippen molar-refractivity contribution in [3.8, 4) is 0 Å². The molecule has 0 aliphatic carbocycles. The third-order valence-corrected chi connectivity index (χ3v) is 3.73. The van der Waals surface area contributed by atoms with E-state index in [1.165, 1.54) is 0 Å². The van der Waals surface area contributed by atoms with E-state index in [0.29, 0.717) is 25.5 Å². The lowest BCUT2D eigenvalue weighted by atomic mass is 10.2. The molecule has 1 saturated heterocycles. The molecule has 1 amide bonds. The molecule has 0 saturated carbocycles. The summed E-state index contributed by atoms with van der Waals surface area (Å²) in [6.07, 6.45) is 3.24. The highest BCUT2D eigenvalue weighted by Gasteiger charge is 2.15. The predicted molar refractivity (Wildman–Crippen MR) is 83.0 cm³/mol. The van der Waals surface area contributed by atoms with Gasteiger partial charge >= 0.3 is 0 Å². The van der Waals surface area contributed by atoms with Crippen LogP contribution in [0.15, 0.2) is 34.7 Å². The van der Waals surface area contributed by atoms with Gasteiger partial charge in [0.1, 0.15) is 5.58 Å². The lowest BCUT2D eigenvalue weighted by molar-refractivity contribution is 0.0166. The van der Waals surface area contributed by atoms with Gasteiger partial charge in [-0.25, -0.2) is 0 Å². The van der Waals surface area contributed by atoms with Gasteiger partial charge in [0.2, 0.25) is 0 Å². The second-order valence-corrected chi connectivity index (χ2v) is 5.47. The molecular weight excluding hydrogens is 282 g/mol. The normalized spacial score (nSPS) is 17.9. The van der Waals surface area contributed by atoms with Crippen molar-refractivity contribution in [2.75, 3.05) is 26.4 Å². The highest BCUT2D eigenvalue weighted by atomic mass is 16.5. The number of hydrogen-bond donors (Lipinski definition) is 1. The lowest BCUT2D eigenvalue weighted by Gasteiger charge is -2.10. The molecule has 5 nitrogen and oxygen atoms in total. The third-order valence-electron chi connectivity index (χ3n) is 3.73. The summed E-state index contributed by atoms with van der Waals surface area (Å²) >= 11 is 0. The molecule has 1 aliphatic heterocycles. The molecule has 1 aliphatic rings. The van der Waals surface area contributed by atoms with Gasteiger partial charge in [-0.15, -0.1) is 0 Å².